The Hall–Kier alpha value is -1.27. The maximum absolute atomic E-state index is 11.0. The summed E-state index contributed by atoms with van der Waals surface area (Å²) >= 11 is 0. The van der Waals surface area contributed by atoms with Crippen LogP contribution in [0.2, 0.25) is 0 Å². The highest BCUT2D eigenvalue weighted by Crippen LogP contribution is 2.26. The zero-order chi connectivity index (χ0) is 11.1. The van der Waals surface area contributed by atoms with Crippen LogP contribution in [0.25, 0.3) is 0 Å². The van der Waals surface area contributed by atoms with Crippen molar-refractivity contribution in [3.05, 3.63) is 23.8 Å². The van der Waals surface area contributed by atoms with Gasteiger partial charge in [-0.15, -0.1) is 0 Å². The third kappa shape index (κ3) is 2.05. The third-order valence-corrected chi connectivity index (χ3v) is 3.31. The summed E-state index contributed by atoms with van der Waals surface area (Å²) in [7, 11) is 1.43. The number of carbonyl (C=O) groups excluding carboxylic acids is 1. The maximum Gasteiger partial charge on any atom is 0.411 e. The standard InChI is InChI=1S/C8H6ClNO4S/c9-15(12,13)6-1-2-7-5(3-6)4-14-8(11)10-7/h1-3H,4H2,(H,10,11). The fraction of sp³-hybridized carbons (Fsp3) is 0.125. The molecule has 0 saturated carbocycles. The lowest BCUT2D eigenvalue weighted by molar-refractivity contribution is 0.151. The lowest BCUT2D eigenvalue weighted by atomic mass is 10.2. The van der Waals surface area contributed by atoms with Crippen LogP contribution in [0.15, 0.2) is 23.1 Å². The number of hydrogen-bond donors (Lipinski definition) is 1. The van der Waals surface area contributed by atoms with Gasteiger partial charge >= 0.3 is 6.09 Å². The highest BCUT2D eigenvalue weighted by molar-refractivity contribution is 8.13. The van der Waals surface area contributed by atoms with Gasteiger partial charge in [0.25, 0.3) is 9.05 Å². The number of cyclic esters (lactones) is 1. The second kappa shape index (κ2) is 3.39. The Labute approximate surface area is 90.4 Å². The molecule has 1 aromatic rings. The summed E-state index contributed by atoms with van der Waals surface area (Å²) in [6.07, 6.45) is -0.552. The van der Waals surface area contributed by atoms with Crippen LogP contribution >= 0.6 is 10.7 Å². The molecule has 2 rings (SSSR count). The Bertz CT molecular complexity index is 525. The van der Waals surface area contributed by atoms with Crippen molar-refractivity contribution in [1.29, 1.82) is 0 Å². The number of halogens is 1. The van der Waals surface area contributed by atoms with Crippen molar-refractivity contribution in [1.82, 2.24) is 0 Å². The van der Waals surface area contributed by atoms with E-state index in [9.17, 15) is 13.2 Å². The minimum atomic E-state index is -3.75. The molecule has 15 heavy (non-hydrogen) atoms. The molecule has 7 heteroatoms. The first-order valence-electron chi connectivity index (χ1n) is 3.98. The number of carbonyl (C=O) groups is 1. The van der Waals surface area contributed by atoms with Gasteiger partial charge in [-0.2, -0.15) is 0 Å². The fourth-order valence-corrected chi connectivity index (χ4v) is 2.05. The number of hydrogen-bond acceptors (Lipinski definition) is 4. The Morgan fingerprint density at radius 2 is 2.13 bits per heavy atom. The quantitative estimate of drug-likeness (QED) is 0.767. The van der Waals surface area contributed by atoms with Crippen LogP contribution in [0.1, 0.15) is 5.56 Å². The van der Waals surface area contributed by atoms with Crippen molar-refractivity contribution in [2.75, 3.05) is 5.32 Å². The molecule has 1 amide bonds. The molecule has 1 aliphatic heterocycles. The first kappa shape index (κ1) is 10.3. The summed E-state index contributed by atoms with van der Waals surface area (Å²) in [6, 6.07) is 4.18. The van der Waals surface area contributed by atoms with Gasteiger partial charge in [0.2, 0.25) is 0 Å². The van der Waals surface area contributed by atoms with Crippen LogP contribution < -0.4 is 5.32 Å². The van der Waals surface area contributed by atoms with E-state index in [1.54, 1.807) is 0 Å². The molecule has 1 aromatic carbocycles. The highest BCUT2D eigenvalue weighted by Gasteiger charge is 2.18. The van der Waals surface area contributed by atoms with E-state index in [2.05, 4.69) is 10.1 Å². The van der Waals surface area contributed by atoms with E-state index in [0.29, 0.717) is 11.3 Å². The van der Waals surface area contributed by atoms with Gasteiger partial charge in [0, 0.05) is 16.2 Å². The van der Waals surface area contributed by atoms with Gasteiger partial charge in [-0.1, -0.05) is 0 Å². The number of rotatable bonds is 1. The molecule has 5 nitrogen and oxygen atoms in total. The average molecular weight is 248 g/mol. The molecular formula is C8H6ClNO4S. The maximum atomic E-state index is 11.0. The molecule has 1 N–H and O–H groups in total. The molecule has 80 valence electrons. The number of ether oxygens (including phenoxy) is 1. The molecule has 0 spiro atoms. The molecule has 0 fully saturated rings. The number of anilines is 1. The molecule has 0 atom stereocenters. The van der Waals surface area contributed by atoms with Crippen molar-refractivity contribution < 1.29 is 17.9 Å². The van der Waals surface area contributed by atoms with Crippen molar-refractivity contribution in [2.24, 2.45) is 0 Å². The first-order chi connectivity index (χ1) is 6.97. The molecule has 0 aliphatic carbocycles. The van der Waals surface area contributed by atoms with E-state index in [1.165, 1.54) is 18.2 Å². The molecule has 1 aliphatic rings. The van der Waals surface area contributed by atoms with Gasteiger partial charge < -0.3 is 4.74 Å². The van der Waals surface area contributed by atoms with Crippen LogP contribution in [0.4, 0.5) is 10.5 Å². The summed E-state index contributed by atoms with van der Waals surface area (Å²) in [6.45, 7) is 0.0431. The van der Waals surface area contributed by atoms with Gasteiger partial charge in [0.1, 0.15) is 6.61 Å². The average Bonchev–Trinajstić information content (AvgIpc) is 2.15. The minimum Gasteiger partial charge on any atom is -0.444 e. The number of benzene rings is 1. The molecule has 0 bridgehead atoms. The zero-order valence-electron chi connectivity index (χ0n) is 7.36. The van der Waals surface area contributed by atoms with Crippen molar-refractivity contribution >= 4 is 31.5 Å². The second-order valence-electron chi connectivity index (χ2n) is 2.96. The Morgan fingerprint density at radius 3 is 2.80 bits per heavy atom. The monoisotopic (exact) mass is 247 g/mol. The van der Waals surface area contributed by atoms with Gasteiger partial charge in [-0.3, -0.25) is 5.32 Å². The van der Waals surface area contributed by atoms with E-state index in [0.717, 1.165) is 0 Å². The van der Waals surface area contributed by atoms with E-state index < -0.39 is 15.1 Å². The predicted molar refractivity (Wildman–Crippen MR) is 53.3 cm³/mol. The topological polar surface area (TPSA) is 72.5 Å². The zero-order valence-corrected chi connectivity index (χ0v) is 8.93. The van der Waals surface area contributed by atoms with Crippen molar-refractivity contribution in [3.8, 4) is 0 Å². The van der Waals surface area contributed by atoms with Crippen LogP contribution in [0.5, 0.6) is 0 Å². The minimum absolute atomic E-state index is 0.0114. The van der Waals surface area contributed by atoms with Crippen LogP contribution in [-0.4, -0.2) is 14.5 Å². The van der Waals surface area contributed by atoms with Crippen LogP contribution in [0, 0.1) is 0 Å². The van der Waals surface area contributed by atoms with E-state index in [1.807, 2.05) is 0 Å². The summed E-state index contributed by atoms with van der Waals surface area (Å²) in [5, 5.41) is 2.44. The molecule has 1 heterocycles. The lowest BCUT2D eigenvalue weighted by Crippen LogP contribution is -2.20. The molecule has 0 saturated heterocycles. The third-order valence-electron chi connectivity index (χ3n) is 1.95. The SMILES string of the molecule is O=C1Nc2ccc(S(=O)(=O)Cl)cc2CO1. The summed E-state index contributed by atoms with van der Waals surface area (Å²) in [5.74, 6) is 0. The van der Waals surface area contributed by atoms with Gasteiger partial charge in [-0.05, 0) is 18.2 Å². The van der Waals surface area contributed by atoms with Crippen molar-refractivity contribution in [2.45, 2.75) is 11.5 Å². The first-order valence-corrected chi connectivity index (χ1v) is 6.29. The molecule has 0 aromatic heterocycles. The van der Waals surface area contributed by atoms with Crippen molar-refractivity contribution in [3.63, 3.8) is 0 Å². The Balaban J connectivity index is 2.48. The summed E-state index contributed by atoms with van der Waals surface area (Å²) < 4.78 is 26.7. The molecule has 0 unspecified atom stereocenters. The van der Waals surface area contributed by atoms with Crippen LogP contribution in [-0.2, 0) is 20.4 Å². The number of nitrogens with one attached hydrogen (secondary N) is 1. The van der Waals surface area contributed by atoms with Gasteiger partial charge in [0.05, 0.1) is 10.6 Å². The fourth-order valence-electron chi connectivity index (χ4n) is 1.25. The number of fused-ring (bicyclic) bond motifs is 1. The summed E-state index contributed by atoms with van der Waals surface area (Å²) in [5.41, 5.74) is 1.12. The van der Waals surface area contributed by atoms with Gasteiger partial charge in [-0.25, -0.2) is 13.2 Å². The Kier molecular flexibility index (Phi) is 2.32. The second-order valence-corrected chi connectivity index (χ2v) is 5.52. The largest absolute Gasteiger partial charge is 0.444 e. The van der Waals surface area contributed by atoms with Gasteiger partial charge in [0.15, 0.2) is 0 Å². The highest BCUT2D eigenvalue weighted by atomic mass is 35.7. The van der Waals surface area contributed by atoms with Crippen LogP contribution in [0.3, 0.4) is 0 Å². The molecular weight excluding hydrogens is 242 g/mol. The summed E-state index contributed by atoms with van der Waals surface area (Å²) in [4.78, 5) is 10.8. The van der Waals surface area contributed by atoms with E-state index in [-0.39, 0.29) is 11.5 Å². The molecule has 0 radical (unpaired) electrons. The normalized spacial score (nSPS) is 15.1. The van der Waals surface area contributed by atoms with E-state index >= 15 is 0 Å². The predicted octanol–water partition coefficient (Wildman–Crippen LogP) is 1.68. The smallest absolute Gasteiger partial charge is 0.411 e. The van der Waals surface area contributed by atoms with E-state index in [4.69, 9.17) is 10.7 Å². The Morgan fingerprint density at radius 1 is 1.40 bits per heavy atom. The lowest BCUT2D eigenvalue weighted by Gasteiger charge is -2.17. The number of amides is 1.